The van der Waals surface area contributed by atoms with E-state index in [4.69, 9.17) is 0 Å². The lowest BCUT2D eigenvalue weighted by atomic mass is 10.2. The highest BCUT2D eigenvalue weighted by atomic mass is 32.2. The first-order valence-corrected chi connectivity index (χ1v) is 13.9. The Morgan fingerprint density at radius 2 is 1.37 bits per heavy atom. The van der Waals surface area contributed by atoms with Crippen LogP contribution in [0.3, 0.4) is 0 Å². The molecule has 3 aromatic carbocycles. The van der Waals surface area contributed by atoms with Crippen LogP contribution in [0.4, 0.5) is 11.4 Å². The quantitative estimate of drug-likeness (QED) is 0.418. The van der Waals surface area contributed by atoms with E-state index in [1.165, 1.54) is 58.9 Å². The smallest absolute Gasteiger partial charge is 0.255 e. The zero-order valence-corrected chi connectivity index (χ0v) is 21.0. The molecule has 10 heteroatoms. The van der Waals surface area contributed by atoms with Gasteiger partial charge in [-0.25, -0.2) is 16.8 Å². The second-order valence-corrected chi connectivity index (χ2v) is 11.0. The van der Waals surface area contributed by atoms with Gasteiger partial charge in [0.15, 0.2) is 0 Å². The predicted molar refractivity (Wildman–Crippen MR) is 139 cm³/mol. The van der Waals surface area contributed by atoms with E-state index in [-0.39, 0.29) is 4.90 Å². The van der Waals surface area contributed by atoms with Crippen LogP contribution >= 0.6 is 0 Å². The summed E-state index contributed by atoms with van der Waals surface area (Å²) in [5, 5.41) is 3.78. The second-order valence-electron chi connectivity index (χ2n) is 7.51. The van der Waals surface area contributed by atoms with Crippen molar-refractivity contribution in [2.45, 2.75) is 18.7 Å². The van der Waals surface area contributed by atoms with Gasteiger partial charge in [0.1, 0.15) is 0 Å². The van der Waals surface area contributed by atoms with E-state index in [9.17, 15) is 21.6 Å². The van der Waals surface area contributed by atoms with Crippen LogP contribution in [0.5, 0.6) is 0 Å². The van der Waals surface area contributed by atoms with Crippen molar-refractivity contribution in [2.24, 2.45) is 0 Å². The zero-order chi connectivity index (χ0) is 25.5. The number of carbonyl (C=O) groups is 1. The van der Waals surface area contributed by atoms with E-state index in [2.05, 4.69) is 10.0 Å². The number of hydrogen-bond donors (Lipinski definition) is 2. The largest absolute Gasteiger partial charge is 0.322 e. The van der Waals surface area contributed by atoms with E-state index in [0.717, 1.165) is 11.0 Å². The van der Waals surface area contributed by atoms with Crippen LogP contribution in [0, 0.1) is 0 Å². The first-order chi connectivity index (χ1) is 16.6. The van der Waals surface area contributed by atoms with Crippen LogP contribution in [0.25, 0.3) is 6.08 Å². The lowest BCUT2D eigenvalue weighted by Crippen LogP contribution is -2.30. The fourth-order valence-corrected chi connectivity index (χ4v) is 5.57. The third-order valence-electron chi connectivity index (χ3n) is 5.10. The number of benzene rings is 3. The molecule has 0 fully saturated rings. The van der Waals surface area contributed by atoms with Gasteiger partial charge in [0.2, 0.25) is 10.0 Å². The summed E-state index contributed by atoms with van der Waals surface area (Å²) in [4.78, 5) is 12.7. The Balaban J connectivity index is 1.63. The van der Waals surface area contributed by atoms with Gasteiger partial charge >= 0.3 is 0 Å². The average Bonchev–Trinajstić information content (AvgIpc) is 2.84. The number of nitrogens with one attached hydrogen (secondary N) is 2. The summed E-state index contributed by atoms with van der Waals surface area (Å²) in [5.41, 5.74) is 1.81. The van der Waals surface area contributed by atoms with Gasteiger partial charge < -0.3 is 5.32 Å². The molecule has 0 heterocycles. The normalized spacial score (nSPS) is 12.1. The minimum atomic E-state index is -3.72. The second kappa shape index (κ2) is 11.3. The summed E-state index contributed by atoms with van der Waals surface area (Å²) in [5.74, 6) is -0.414. The maximum absolute atomic E-state index is 12.6. The van der Waals surface area contributed by atoms with Gasteiger partial charge in [0.05, 0.1) is 10.3 Å². The van der Waals surface area contributed by atoms with Gasteiger partial charge in [0.25, 0.3) is 15.9 Å². The topological polar surface area (TPSA) is 113 Å². The number of anilines is 2. The number of nitrogens with zero attached hydrogens (tertiary/aromatic N) is 1. The molecule has 3 rings (SSSR count). The third-order valence-corrected chi connectivity index (χ3v) is 8.18. The molecule has 0 aliphatic heterocycles. The Hall–Kier alpha value is -3.47. The maximum Gasteiger partial charge on any atom is 0.255 e. The molecule has 0 aliphatic rings. The van der Waals surface area contributed by atoms with Crippen LogP contribution in [0.1, 0.15) is 29.8 Å². The molecular weight excluding hydrogens is 486 g/mol. The molecule has 184 valence electrons. The Bertz CT molecular complexity index is 1380. The molecule has 35 heavy (non-hydrogen) atoms. The van der Waals surface area contributed by atoms with Gasteiger partial charge in [-0.15, -0.1) is 0 Å². The molecule has 8 nitrogen and oxygen atoms in total. The fraction of sp³-hybridized carbons (Fsp3) is 0.160. The molecule has 0 bridgehead atoms. The lowest BCUT2D eigenvalue weighted by molar-refractivity contribution is 0.102. The number of amides is 1. The summed E-state index contributed by atoms with van der Waals surface area (Å²) in [7, 11) is -7.30. The van der Waals surface area contributed by atoms with E-state index in [1.54, 1.807) is 26.0 Å². The maximum atomic E-state index is 12.6. The molecule has 0 spiro atoms. The van der Waals surface area contributed by atoms with Gasteiger partial charge in [-0.05, 0) is 60.2 Å². The van der Waals surface area contributed by atoms with Crippen molar-refractivity contribution in [2.75, 3.05) is 23.1 Å². The zero-order valence-electron chi connectivity index (χ0n) is 19.4. The molecule has 0 saturated carbocycles. The SMILES string of the molecule is CCN(CC)S(=O)(=O)c1ccc(NC(=O)c2ccc(NS(=O)(=O)C=Cc3ccccc3)cc2)cc1. The average molecular weight is 514 g/mol. The van der Waals surface area contributed by atoms with E-state index in [1.807, 2.05) is 18.2 Å². The van der Waals surface area contributed by atoms with Crippen molar-refractivity contribution in [3.63, 3.8) is 0 Å². The van der Waals surface area contributed by atoms with Crippen LogP contribution in [0.15, 0.2) is 89.2 Å². The van der Waals surface area contributed by atoms with E-state index >= 15 is 0 Å². The summed E-state index contributed by atoms with van der Waals surface area (Å²) in [6, 6.07) is 21.0. The highest BCUT2D eigenvalue weighted by molar-refractivity contribution is 7.95. The summed E-state index contributed by atoms with van der Waals surface area (Å²) in [6.07, 6.45) is 1.49. The Labute approximate surface area is 206 Å². The first-order valence-electron chi connectivity index (χ1n) is 10.9. The molecule has 3 aromatic rings. The van der Waals surface area contributed by atoms with Gasteiger partial charge in [0, 0.05) is 30.0 Å². The molecule has 2 N–H and O–H groups in total. The highest BCUT2D eigenvalue weighted by Gasteiger charge is 2.21. The minimum Gasteiger partial charge on any atom is -0.322 e. The number of hydrogen-bond acceptors (Lipinski definition) is 5. The molecular formula is C25H27N3O5S2. The number of sulfonamides is 2. The Morgan fingerprint density at radius 1 is 0.800 bits per heavy atom. The molecule has 0 saturated heterocycles. The summed E-state index contributed by atoms with van der Waals surface area (Å²) in [6.45, 7) is 4.28. The summed E-state index contributed by atoms with van der Waals surface area (Å²) >= 11 is 0. The highest BCUT2D eigenvalue weighted by Crippen LogP contribution is 2.19. The van der Waals surface area contributed by atoms with E-state index < -0.39 is 26.0 Å². The molecule has 0 atom stereocenters. The van der Waals surface area contributed by atoms with Crippen molar-refractivity contribution >= 4 is 43.4 Å². The van der Waals surface area contributed by atoms with Crippen LogP contribution in [0.2, 0.25) is 0 Å². The molecule has 0 aliphatic carbocycles. The minimum absolute atomic E-state index is 0.150. The molecule has 1 amide bonds. The standard InChI is InChI=1S/C25H27N3O5S2/c1-3-28(4-2)35(32,33)24-16-14-22(15-17-24)26-25(29)21-10-12-23(13-11-21)27-34(30,31)19-18-20-8-6-5-7-9-20/h5-19,27H,3-4H2,1-2H3,(H,26,29). The first kappa shape index (κ1) is 26.1. The Kier molecular flexibility index (Phi) is 8.44. The Morgan fingerprint density at radius 3 is 1.94 bits per heavy atom. The monoisotopic (exact) mass is 513 g/mol. The van der Waals surface area contributed by atoms with E-state index in [0.29, 0.717) is 30.0 Å². The van der Waals surface area contributed by atoms with Crippen molar-refractivity contribution in [1.29, 1.82) is 0 Å². The van der Waals surface area contributed by atoms with Gasteiger partial charge in [-0.2, -0.15) is 4.31 Å². The summed E-state index contributed by atoms with van der Waals surface area (Å²) < 4.78 is 53.5. The van der Waals surface area contributed by atoms with Crippen molar-refractivity contribution in [1.82, 2.24) is 4.31 Å². The molecule has 0 radical (unpaired) electrons. The van der Waals surface area contributed by atoms with Crippen LogP contribution in [-0.4, -0.2) is 40.1 Å². The van der Waals surface area contributed by atoms with Crippen LogP contribution < -0.4 is 10.0 Å². The fourth-order valence-electron chi connectivity index (χ4n) is 3.25. The van der Waals surface area contributed by atoms with Crippen LogP contribution in [-0.2, 0) is 20.0 Å². The molecule has 0 unspecified atom stereocenters. The molecule has 0 aromatic heterocycles. The van der Waals surface area contributed by atoms with Gasteiger partial charge in [-0.1, -0.05) is 44.2 Å². The third kappa shape index (κ3) is 7.01. The van der Waals surface area contributed by atoms with Gasteiger partial charge in [-0.3, -0.25) is 9.52 Å². The predicted octanol–water partition coefficient (Wildman–Crippen LogP) is 4.38. The lowest BCUT2D eigenvalue weighted by Gasteiger charge is -2.18. The number of rotatable bonds is 10. The van der Waals surface area contributed by atoms with Crippen molar-refractivity contribution < 1.29 is 21.6 Å². The number of carbonyl (C=O) groups excluding carboxylic acids is 1. The van der Waals surface area contributed by atoms with Crippen molar-refractivity contribution in [3.05, 3.63) is 95.4 Å². The van der Waals surface area contributed by atoms with Crippen molar-refractivity contribution in [3.8, 4) is 0 Å².